The predicted octanol–water partition coefficient (Wildman–Crippen LogP) is 2.94. The van der Waals surface area contributed by atoms with E-state index >= 15 is 0 Å². The molecule has 0 heterocycles. The van der Waals surface area contributed by atoms with Crippen molar-refractivity contribution < 1.29 is 9.59 Å². The molecule has 1 aliphatic carbocycles. The first-order valence-electron chi connectivity index (χ1n) is 7.58. The molecule has 1 aromatic carbocycles. The van der Waals surface area contributed by atoms with Gasteiger partial charge in [-0.05, 0) is 57.2 Å². The van der Waals surface area contributed by atoms with Crippen molar-refractivity contribution in [3.63, 3.8) is 0 Å². The summed E-state index contributed by atoms with van der Waals surface area (Å²) >= 11 is 0. The maximum Gasteiger partial charge on any atom is 0.240 e. The molecule has 1 aliphatic rings. The summed E-state index contributed by atoms with van der Waals surface area (Å²) < 4.78 is 0. The number of nitrogens with one attached hydrogen (secondary N) is 2. The Morgan fingerprint density at radius 2 is 1.90 bits per heavy atom. The quantitative estimate of drug-likeness (QED) is 0.818. The average molecular weight is 288 g/mol. The molecule has 1 fully saturated rings. The number of carbonyl (C=O) groups excluding carboxylic acids is 2. The van der Waals surface area contributed by atoms with E-state index in [0.717, 1.165) is 23.2 Å². The number of hydrogen-bond acceptors (Lipinski definition) is 2. The topological polar surface area (TPSA) is 58.2 Å². The third kappa shape index (κ3) is 3.26. The highest BCUT2D eigenvalue weighted by Crippen LogP contribution is 2.47. The van der Waals surface area contributed by atoms with Crippen molar-refractivity contribution in [3.05, 3.63) is 29.3 Å². The lowest BCUT2D eigenvalue weighted by Crippen LogP contribution is -2.43. The van der Waals surface area contributed by atoms with E-state index in [1.807, 2.05) is 45.9 Å². The number of anilines is 1. The molecule has 0 saturated heterocycles. The van der Waals surface area contributed by atoms with Gasteiger partial charge in [-0.15, -0.1) is 0 Å². The first-order valence-corrected chi connectivity index (χ1v) is 7.58. The first kappa shape index (κ1) is 15.5. The number of benzene rings is 1. The third-order valence-electron chi connectivity index (χ3n) is 4.25. The van der Waals surface area contributed by atoms with Crippen molar-refractivity contribution in [1.29, 1.82) is 0 Å². The Kier molecular flexibility index (Phi) is 4.35. The van der Waals surface area contributed by atoms with Crippen LogP contribution in [0.5, 0.6) is 0 Å². The third-order valence-corrected chi connectivity index (χ3v) is 4.25. The van der Waals surface area contributed by atoms with Crippen LogP contribution in [0, 0.1) is 19.3 Å². The first-order chi connectivity index (χ1) is 9.89. The molecule has 0 radical (unpaired) electrons. The molecule has 114 valence electrons. The molecule has 0 aliphatic heterocycles. The van der Waals surface area contributed by atoms with Crippen molar-refractivity contribution in [1.82, 2.24) is 5.32 Å². The molecule has 4 nitrogen and oxygen atoms in total. The smallest absolute Gasteiger partial charge is 0.240 e. The molecule has 2 N–H and O–H groups in total. The molecule has 1 unspecified atom stereocenters. The molecule has 0 spiro atoms. The van der Waals surface area contributed by atoms with Crippen LogP contribution in [0.15, 0.2) is 18.2 Å². The van der Waals surface area contributed by atoms with Crippen molar-refractivity contribution >= 4 is 17.5 Å². The van der Waals surface area contributed by atoms with Gasteiger partial charge in [0.1, 0.15) is 5.41 Å². The van der Waals surface area contributed by atoms with Crippen LogP contribution in [-0.2, 0) is 9.59 Å². The summed E-state index contributed by atoms with van der Waals surface area (Å²) in [5.74, 6) is -0.323. The van der Waals surface area contributed by atoms with Gasteiger partial charge in [-0.25, -0.2) is 0 Å². The van der Waals surface area contributed by atoms with Gasteiger partial charge in [-0.3, -0.25) is 9.59 Å². The Morgan fingerprint density at radius 3 is 2.48 bits per heavy atom. The number of amides is 2. The molecule has 1 saturated carbocycles. The molecule has 0 bridgehead atoms. The van der Waals surface area contributed by atoms with Crippen LogP contribution < -0.4 is 10.6 Å². The maximum absolute atomic E-state index is 12.5. The van der Waals surface area contributed by atoms with E-state index < -0.39 is 5.41 Å². The molecule has 0 aromatic heterocycles. The van der Waals surface area contributed by atoms with E-state index in [1.54, 1.807) is 0 Å². The summed E-state index contributed by atoms with van der Waals surface area (Å²) in [5, 5.41) is 5.85. The summed E-state index contributed by atoms with van der Waals surface area (Å²) in [6.45, 7) is 7.91. The van der Waals surface area contributed by atoms with Gasteiger partial charge < -0.3 is 10.6 Å². The largest absolute Gasteiger partial charge is 0.353 e. The minimum absolute atomic E-state index is 0.100. The minimum Gasteiger partial charge on any atom is -0.353 e. The van der Waals surface area contributed by atoms with Gasteiger partial charge in [0.05, 0.1) is 0 Å². The molecule has 21 heavy (non-hydrogen) atoms. The number of carbonyl (C=O) groups is 2. The zero-order chi connectivity index (χ0) is 15.6. The van der Waals surface area contributed by atoms with Crippen molar-refractivity contribution in [3.8, 4) is 0 Å². The molecule has 1 atom stereocenters. The Bertz CT molecular complexity index is 562. The number of rotatable bonds is 5. The van der Waals surface area contributed by atoms with Crippen LogP contribution in [0.2, 0.25) is 0 Å². The highest BCUT2D eigenvalue weighted by molar-refractivity contribution is 6.13. The Hall–Kier alpha value is -1.84. The van der Waals surface area contributed by atoms with Gasteiger partial charge in [0.25, 0.3) is 0 Å². The highest BCUT2D eigenvalue weighted by atomic mass is 16.2. The highest BCUT2D eigenvalue weighted by Gasteiger charge is 2.56. The second kappa shape index (κ2) is 5.88. The SMILES string of the molecule is CCC(C)NC(=O)C1(C(=O)Nc2cc(C)ccc2C)CC1. The summed E-state index contributed by atoms with van der Waals surface area (Å²) in [5.41, 5.74) is 2.03. The van der Waals surface area contributed by atoms with Gasteiger partial charge >= 0.3 is 0 Å². The Balaban J connectivity index is 2.09. The van der Waals surface area contributed by atoms with E-state index in [1.165, 1.54) is 0 Å². The fourth-order valence-corrected chi connectivity index (χ4v) is 2.26. The zero-order valence-electron chi connectivity index (χ0n) is 13.2. The molecular weight excluding hydrogens is 264 g/mol. The Labute approximate surface area is 126 Å². The number of hydrogen-bond donors (Lipinski definition) is 2. The van der Waals surface area contributed by atoms with E-state index in [0.29, 0.717) is 12.8 Å². The second-order valence-corrected chi connectivity index (χ2v) is 6.14. The van der Waals surface area contributed by atoms with E-state index in [2.05, 4.69) is 10.6 Å². The lowest BCUT2D eigenvalue weighted by atomic mass is 10.0. The van der Waals surface area contributed by atoms with Crippen molar-refractivity contribution in [2.75, 3.05) is 5.32 Å². The second-order valence-electron chi connectivity index (χ2n) is 6.14. The molecule has 2 amide bonds. The van der Waals surface area contributed by atoms with Crippen molar-refractivity contribution in [2.45, 2.75) is 53.0 Å². The summed E-state index contributed by atoms with van der Waals surface area (Å²) in [4.78, 5) is 24.8. The maximum atomic E-state index is 12.5. The molecule has 4 heteroatoms. The minimum atomic E-state index is -0.861. The lowest BCUT2D eigenvalue weighted by Gasteiger charge is -2.19. The van der Waals surface area contributed by atoms with Crippen LogP contribution in [-0.4, -0.2) is 17.9 Å². The van der Waals surface area contributed by atoms with E-state index in [-0.39, 0.29) is 17.9 Å². The molecule has 1 aromatic rings. The standard InChI is InChI=1S/C17H24N2O2/c1-5-13(4)18-15(20)17(8-9-17)16(21)19-14-10-11(2)6-7-12(14)3/h6-7,10,13H,5,8-9H2,1-4H3,(H,18,20)(H,19,21). The Morgan fingerprint density at radius 1 is 1.24 bits per heavy atom. The van der Waals surface area contributed by atoms with Gasteiger partial charge in [0, 0.05) is 11.7 Å². The van der Waals surface area contributed by atoms with E-state index in [4.69, 9.17) is 0 Å². The molecular formula is C17H24N2O2. The van der Waals surface area contributed by atoms with Gasteiger partial charge in [-0.1, -0.05) is 19.1 Å². The van der Waals surface area contributed by atoms with Crippen LogP contribution in [0.1, 0.15) is 44.2 Å². The predicted molar refractivity (Wildman–Crippen MR) is 84.1 cm³/mol. The summed E-state index contributed by atoms with van der Waals surface area (Å²) in [6.07, 6.45) is 2.12. The fraction of sp³-hybridized carbons (Fsp3) is 0.529. The number of aryl methyl sites for hydroxylation is 2. The van der Waals surface area contributed by atoms with Gasteiger partial charge in [-0.2, -0.15) is 0 Å². The normalized spacial score (nSPS) is 17.0. The van der Waals surface area contributed by atoms with Crippen LogP contribution in [0.4, 0.5) is 5.69 Å². The van der Waals surface area contributed by atoms with Crippen LogP contribution in [0.3, 0.4) is 0 Å². The van der Waals surface area contributed by atoms with Crippen LogP contribution >= 0.6 is 0 Å². The fourth-order valence-electron chi connectivity index (χ4n) is 2.26. The van der Waals surface area contributed by atoms with Gasteiger partial charge in [0.2, 0.25) is 11.8 Å². The average Bonchev–Trinajstić information content (AvgIpc) is 3.24. The van der Waals surface area contributed by atoms with E-state index in [9.17, 15) is 9.59 Å². The summed E-state index contributed by atoms with van der Waals surface area (Å²) in [7, 11) is 0. The summed E-state index contributed by atoms with van der Waals surface area (Å²) in [6, 6.07) is 6.02. The van der Waals surface area contributed by atoms with Crippen molar-refractivity contribution in [2.24, 2.45) is 5.41 Å². The monoisotopic (exact) mass is 288 g/mol. The zero-order valence-corrected chi connectivity index (χ0v) is 13.2. The molecule has 2 rings (SSSR count). The van der Waals surface area contributed by atoms with Gasteiger partial charge in [0.15, 0.2) is 0 Å². The lowest BCUT2D eigenvalue weighted by molar-refractivity contribution is -0.134. The van der Waals surface area contributed by atoms with Crippen LogP contribution in [0.25, 0.3) is 0 Å².